The number of carbonyl (C=O) groups excluding carboxylic acids is 2. The number of sulfone groups is 1. The summed E-state index contributed by atoms with van der Waals surface area (Å²) in [7, 11) is -3.18. The summed E-state index contributed by atoms with van der Waals surface area (Å²) in [6.07, 6.45) is 1.12. The van der Waals surface area contributed by atoms with Gasteiger partial charge in [0.1, 0.15) is 5.82 Å². The summed E-state index contributed by atoms with van der Waals surface area (Å²) in [6.45, 7) is 0. The van der Waals surface area contributed by atoms with Gasteiger partial charge in [0.15, 0.2) is 9.84 Å². The Morgan fingerprint density at radius 3 is 2.29 bits per heavy atom. The summed E-state index contributed by atoms with van der Waals surface area (Å²) in [6, 6.07) is 7.22. The summed E-state index contributed by atoms with van der Waals surface area (Å²) < 4.78 is 23.7. The predicted molar refractivity (Wildman–Crippen MR) is 86.8 cm³/mol. The first-order chi connectivity index (χ1) is 11.2. The summed E-state index contributed by atoms with van der Waals surface area (Å²) >= 11 is 0. The second-order valence-electron chi connectivity index (χ2n) is 5.51. The highest BCUT2D eigenvalue weighted by molar-refractivity contribution is 7.89. The van der Waals surface area contributed by atoms with Crippen molar-refractivity contribution in [2.24, 2.45) is 0 Å². The van der Waals surface area contributed by atoms with Gasteiger partial charge in [0.25, 0.3) is 17.4 Å². The van der Waals surface area contributed by atoms with Gasteiger partial charge in [-0.1, -0.05) is 12.1 Å². The molecule has 0 bridgehead atoms. The van der Waals surface area contributed by atoms with Gasteiger partial charge in [-0.3, -0.25) is 24.3 Å². The van der Waals surface area contributed by atoms with Crippen molar-refractivity contribution in [3.05, 3.63) is 57.4 Å². The van der Waals surface area contributed by atoms with Gasteiger partial charge in [-0.25, -0.2) is 8.42 Å². The molecule has 1 aromatic carbocycles. The summed E-state index contributed by atoms with van der Waals surface area (Å²) in [5.74, 6) is -1.58. The molecule has 1 aliphatic rings. The zero-order valence-electron chi connectivity index (χ0n) is 12.6. The van der Waals surface area contributed by atoms with Crippen molar-refractivity contribution in [1.82, 2.24) is 9.88 Å². The van der Waals surface area contributed by atoms with Gasteiger partial charge in [0, 0.05) is 12.3 Å². The monoisotopic (exact) mass is 347 g/mol. The van der Waals surface area contributed by atoms with Crippen LogP contribution in [0.5, 0.6) is 0 Å². The van der Waals surface area contributed by atoms with E-state index in [1.807, 2.05) is 0 Å². The lowest BCUT2D eigenvalue weighted by atomic mass is 10.1. The van der Waals surface area contributed by atoms with Crippen LogP contribution >= 0.6 is 0 Å². The number of pyridine rings is 1. The lowest BCUT2D eigenvalue weighted by Crippen LogP contribution is -2.24. The summed E-state index contributed by atoms with van der Waals surface area (Å²) in [5, 5.41) is 2.09. The molecule has 0 spiro atoms. The number of amides is 2. The normalized spacial score (nSPS) is 13.7. The fourth-order valence-electron chi connectivity index (χ4n) is 2.59. The van der Waals surface area contributed by atoms with Gasteiger partial charge < -0.3 is 5.73 Å². The lowest BCUT2D eigenvalue weighted by molar-refractivity contribution is 0.0880. The molecule has 2 heterocycles. The average molecular weight is 347 g/mol. The van der Waals surface area contributed by atoms with Crippen molar-refractivity contribution < 1.29 is 18.0 Å². The van der Waals surface area contributed by atoms with Crippen LogP contribution in [0.3, 0.4) is 0 Å². The third-order valence-corrected chi connectivity index (χ3v) is 4.43. The van der Waals surface area contributed by atoms with E-state index in [0.29, 0.717) is 11.3 Å². The molecular weight excluding hydrogens is 334 g/mol. The molecule has 1 aromatic heterocycles. The third-order valence-electron chi connectivity index (χ3n) is 3.58. The molecule has 0 fully saturated rings. The minimum atomic E-state index is -3.18. The number of hydrogen-bond donors (Lipinski definition) is 2. The van der Waals surface area contributed by atoms with Crippen molar-refractivity contribution >= 4 is 27.5 Å². The highest BCUT2D eigenvalue weighted by Gasteiger charge is 2.31. The number of fused-ring (bicyclic) bond motifs is 1. The van der Waals surface area contributed by atoms with Crippen LogP contribution in [-0.4, -0.2) is 31.1 Å². The minimum absolute atomic E-state index is 0.0418. The molecule has 3 rings (SSSR count). The highest BCUT2D eigenvalue weighted by Crippen LogP contribution is 2.23. The van der Waals surface area contributed by atoms with E-state index in [-0.39, 0.29) is 22.7 Å². The fraction of sp³-hybridized carbons (Fsp3) is 0.133. The maximum atomic E-state index is 12.3. The van der Waals surface area contributed by atoms with E-state index in [2.05, 4.69) is 5.32 Å². The Morgan fingerprint density at radius 1 is 1.08 bits per heavy atom. The van der Waals surface area contributed by atoms with Crippen LogP contribution in [0, 0.1) is 0 Å². The molecule has 24 heavy (non-hydrogen) atoms. The van der Waals surface area contributed by atoms with E-state index in [1.54, 1.807) is 12.1 Å². The molecule has 2 amide bonds. The van der Waals surface area contributed by atoms with Crippen LogP contribution in [0.25, 0.3) is 5.69 Å². The van der Waals surface area contributed by atoms with Gasteiger partial charge in [-0.05, 0) is 17.7 Å². The predicted octanol–water partition coefficient (Wildman–Crippen LogP) is -0.152. The quantitative estimate of drug-likeness (QED) is 0.743. The molecule has 0 atom stereocenters. The SMILES string of the molecule is CS(=O)(=O)Cc1ccc(-n2c(N)c3c(cc2=O)C(=O)NC3=O)cc1. The molecule has 3 N–H and O–H groups in total. The Labute approximate surface area is 136 Å². The zero-order chi connectivity index (χ0) is 17.6. The van der Waals surface area contributed by atoms with Crippen molar-refractivity contribution in [2.75, 3.05) is 12.0 Å². The molecule has 0 saturated carbocycles. The van der Waals surface area contributed by atoms with Gasteiger partial charge >= 0.3 is 0 Å². The molecule has 0 saturated heterocycles. The Hall–Kier alpha value is -2.94. The smallest absolute Gasteiger partial charge is 0.262 e. The number of imide groups is 1. The summed E-state index contributed by atoms with van der Waals surface area (Å²) in [4.78, 5) is 35.7. The van der Waals surface area contributed by atoms with Crippen LogP contribution in [0.2, 0.25) is 0 Å². The van der Waals surface area contributed by atoms with Crippen molar-refractivity contribution in [1.29, 1.82) is 0 Å². The Balaban J connectivity index is 2.11. The topological polar surface area (TPSA) is 128 Å². The van der Waals surface area contributed by atoms with E-state index >= 15 is 0 Å². The molecule has 8 nitrogen and oxygen atoms in total. The number of rotatable bonds is 3. The minimum Gasteiger partial charge on any atom is -0.384 e. The van der Waals surface area contributed by atoms with Crippen LogP contribution in [0.15, 0.2) is 35.1 Å². The Bertz CT molecular complexity index is 1040. The first-order valence-electron chi connectivity index (χ1n) is 6.85. The van der Waals surface area contributed by atoms with E-state index < -0.39 is 27.2 Å². The van der Waals surface area contributed by atoms with Crippen molar-refractivity contribution in [3.8, 4) is 5.69 Å². The number of nitrogens with two attached hydrogens (primary N) is 1. The second-order valence-corrected chi connectivity index (χ2v) is 7.65. The van der Waals surface area contributed by atoms with Gasteiger partial charge in [0.2, 0.25) is 0 Å². The Morgan fingerprint density at radius 2 is 1.71 bits per heavy atom. The number of nitrogens with one attached hydrogen (secondary N) is 1. The molecule has 0 unspecified atom stereocenters. The number of anilines is 1. The first-order valence-corrected chi connectivity index (χ1v) is 8.91. The number of benzene rings is 1. The van der Waals surface area contributed by atoms with E-state index in [9.17, 15) is 22.8 Å². The molecule has 0 aliphatic carbocycles. The highest BCUT2D eigenvalue weighted by atomic mass is 32.2. The second kappa shape index (κ2) is 5.31. The number of aromatic nitrogens is 1. The van der Waals surface area contributed by atoms with E-state index in [1.165, 1.54) is 12.1 Å². The third kappa shape index (κ3) is 2.69. The maximum Gasteiger partial charge on any atom is 0.262 e. The van der Waals surface area contributed by atoms with Crippen LogP contribution in [-0.2, 0) is 15.6 Å². The molecular formula is C15H13N3O5S. The van der Waals surface area contributed by atoms with E-state index in [0.717, 1.165) is 16.9 Å². The van der Waals surface area contributed by atoms with Gasteiger partial charge in [0.05, 0.1) is 22.6 Å². The van der Waals surface area contributed by atoms with Gasteiger partial charge in [-0.2, -0.15) is 0 Å². The molecule has 124 valence electrons. The standard InChI is InChI=1S/C15H13N3O5S/c1-24(22,23)7-8-2-4-9(5-3-8)18-11(19)6-10-12(13(18)16)15(21)17-14(10)20/h2-6H,7,16H2,1H3,(H,17,20,21). The molecule has 1 aliphatic heterocycles. The van der Waals surface area contributed by atoms with Gasteiger partial charge in [-0.15, -0.1) is 0 Å². The number of hydrogen-bond acceptors (Lipinski definition) is 6. The maximum absolute atomic E-state index is 12.3. The van der Waals surface area contributed by atoms with Crippen LogP contribution in [0.1, 0.15) is 26.3 Å². The largest absolute Gasteiger partial charge is 0.384 e. The average Bonchev–Trinajstić information content (AvgIpc) is 2.74. The first kappa shape index (κ1) is 15.9. The molecule has 9 heteroatoms. The number of nitrogens with zero attached hydrogens (tertiary/aromatic N) is 1. The number of nitrogen functional groups attached to an aromatic ring is 1. The molecule has 2 aromatic rings. The number of carbonyl (C=O) groups is 2. The van der Waals surface area contributed by atoms with Crippen molar-refractivity contribution in [3.63, 3.8) is 0 Å². The fourth-order valence-corrected chi connectivity index (χ4v) is 3.39. The Kier molecular flexibility index (Phi) is 3.52. The zero-order valence-corrected chi connectivity index (χ0v) is 13.4. The van der Waals surface area contributed by atoms with E-state index in [4.69, 9.17) is 5.73 Å². The van der Waals surface area contributed by atoms with Crippen LogP contribution in [0.4, 0.5) is 5.82 Å². The van der Waals surface area contributed by atoms with Crippen LogP contribution < -0.4 is 16.6 Å². The lowest BCUT2D eigenvalue weighted by Gasteiger charge is -2.12. The summed E-state index contributed by atoms with van der Waals surface area (Å²) in [5.41, 5.74) is 6.18. The molecule has 0 radical (unpaired) electrons. The van der Waals surface area contributed by atoms with Crippen molar-refractivity contribution in [2.45, 2.75) is 5.75 Å².